The van der Waals surface area contributed by atoms with Crippen molar-refractivity contribution in [2.24, 2.45) is 0 Å². The predicted octanol–water partition coefficient (Wildman–Crippen LogP) is 4.71. The maximum atomic E-state index is 13.1. The van der Waals surface area contributed by atoms with Crippen molar-refractivity contribution in [1.82, 2.24) is 19.8 Å². The van der Waals surface area contributed by atoms with Crippen LogP contribution in [-0.2, 0) is 17.7 Å². The first-order valence-electron chi connectivity index (χ1n) is 11.0. The normalized spacial score (nSPS) is 18.5. The Morgan fingerprint density at radius 3 is 2.72 bits per heavy atom. The predicted molar refractivity (Wildman–Crippen MR) is 122 cm³/mol. The van der Waals surface area contributed by atoms with Gasteiger partial charge in [0.1, 0.15) is 17.1 Å². The summed E-state index contributed by atoms with van der Waals surface area (Å²) < 4.78 is 5.65. The molecule has 0 radical (unpaired) electrons. The number of rotatable bonds is 2. The minimum Gasteiger partial charge on any atom is -0.444 e. The van der Waals surface area contributed by atoms with Crippen LogP contribution in [-0.4, -0.2) is 50.5 Å². The molecule has 2 aliphatic heterocycles. The van der Waals surface area contributed by atoms with E-state index in [-0.39, 0.29) is 18.0 Å². The van der Waals surface area contributed by atoms with Gasteiger partial charge in [0.15, 0.2) is 0 Å². The van der Waals surface area contributed by atoms with Gasteiger partial charge in [-0.3, -0.25) is 4.79 Å². The van der Waals surface area contributed by atoms with Crippen LogP contribution in [0.15, 0.2) is 24.4 Å². The van der Waals surface area contributed by atoms with E-state index in [9.17, 15) is 9.59 Å². The Kier molecular flexibility index (Phi) is 6.12. The first-order valence-corrected chi connectivity index (χ1v) is 11.4. The zero-order chi connectivity index (χ0) is 23.0. The first kappa shape index (κ1) is 22.5. The number of hydrogen-bond acceptors (Lipinski definition) is 5. The fraction of sp³-hybridized carbons (Fsp3) is 0.500. The fourth-order valence-electron chi connectivity index (χ4n) is 4.49. The monoisotopic (exact) mass is 456 g/mol. The molecular weight excluding hydrogens is 428 g/mol. The van der Waals surface area contributed by atoms with Gasteiger partial charge < -0.3 is 14.5 Å². The summed E-state index contributed by atoms with van der Waals surface area (Å²) in [4.78, 5) is 38.0. The van der Waals surface area contributed by atoms with Crippen LogP contribution in [0, 0.1) is 6.92 Å². The number of carbonyl (C=O) groups excluding carboxylic acids is 2. The summed E-state index contributed by atoms with van der Waals surface area (Å²) in [6, 6.07) is 5.45. The number of nitrogens with zero attached hydrogens (tertiary/aromatic N) is 4. The molecule has 0 spiro atoms. The smallest absolute Gasteiger partial charge is 0.410 e. The Morgan fingerprint density at radius 2 is 2.00 bits per heavy atom. The molecule has 1 aromatic carbocycles. The van der Waals surface area contributed by atoms with E-state index in [2.05, 4.69) is 9.97 Å². The fourth-order valence-corrected chi connectivity index (χ4v) is 4.74. The highest BCUT2D eigenvalue weighted by Crippen LogP contribution is 2.39. The lowest BCUT2D eigenvalue weighted by molar-refractivity contribution is 0.0222. The van der Waals surface area contributed by atoms with Crippen molar-refractivity contribution in [2.45, 2.75) is 65.1 Å². The van der Waals surface area contributed by atoms with Crippen LogP contribution in [0.4, 0.5) is 4.79 Å². The third kappa shape index (κ3) is 4.72. The maximum absolute atomic E-state index is 13.1. The number of aryl methyl sites for hydroxylation is 1. The van der Waals surface area contributed by atoms with Crippen LogP contribution in [0.2, 0.25) is 5.02 Å². The van der Waals surface area contributed by atoms with Crippen molar-refractivity contribution in [3.63, 3.8) is 0 Å². The van der Waals surface area contributed by atoms with Crippen molar-refractivity contribution < 1.29 is 14.3 Å². The van der Waals surface area contributed by atoms with Crippen LogP contribution >= 0.6 is 11.6 Å². The topological polar surface area (TPSA) is 75.6 Å². The highest BCUT2D eigenvalue weighted by molar-refractivity contribution is 6.30. The van der Waals surface area contributed by atoms with Crippen LogP contribution in [0.1, 0.15) is 72.7 Å². The summed E-state index contributed by atoms with van der Waals surface area (Å²) in [5.41, 5.74) is 3.04. The Balaban J connectivity index is 1.64. The summed E-state index contributed by atoms with van der Waals surface area (Å²) in [7, 11) is 0. The van der Waals surface area contributed by atoms with Gasteiger partial charge in [-0.2, -0.15) is 0 Å². The summed E-state index contributed by atoms with van der Waals surface area (Å²) in [5.74, 6) is 0.456. The number of ether oxygens (including phenoxy) is 1. The van der Waals surface area contributed by atoms with Gasteiger partial charge in [0.25, 0.3) is 5.91 Å². The number of amides is 2. The van der Waals surface area contributed by atoms with Gasteiger partial charge in [0.05, 0.1) is 6.04 Å². The zero-order valence-corrected chi connectivity index (χ0v) is 19.8. The molecule has 3 heterocycles. The molecule has 0 saturated carbocycles. The molecule has 0 N–H and O–H groups in total. The third-order valence-corrected chi connectivity index (χ3v) is 6.08. The highest BCUT2D eigenvalue weighted by Gasteiger charge is 2.36. The number of hydrogen-bond donors (Lipinski definition) is 0. The second-order valence-corrected chi connectivity index (χ2v) is 9.87. The molecule has 32 heavy (non-hydrogen) atoms. The second kappa shape index (κ2) is 8.70. The molecule has 2 aliphatic rings. The summed E-state index contributed by atoms with van der Waals surface area (Å²) in [6.07, 6.45) is 3.74. The maximum Gasteiger partial charge on any atom is 0.410 e. The minimum absolute atomic E-state index is 0.113. The van der Waals surface area contributed by atoms with Gasteiger partial charge in [0, 0.05) is 30.9 Å². The lowest BCUT2D eigenvalue weighted by Crippen LogP contribution is -2.39. The molecule has 1 saturated heterocycles. The van der Waals surface area contributed by atoms with Gasteiger partial charge in [-0.05, 0) is 81.8 Å². The molecule has 7 nitrogen and oxygen atoms in total. The highest BCUT2D eigenvalue weighted by atomic mass is 35.5. The number of benzene rings is 1. The number of carbonyl (C=O) groups is 2. The number of aromatic nitrogens is 2. The molecule has 0 bridgehead atoms. The standard InChI is InChI=1S/C24H29ClN4O3/c1-15-26-9-7-20(27-15)22(30)28-11-8-16-12-17(25)13-18(19(16)14-28)21-6-5-10-29(21)23(31)32-24(2,3)4/h7,9,12-13,21H,5-6,8,10-11,14H2,1-4H3. The Hall–Kier alpha value is -2.67. The summed E-state index contributed by atoms with van der Waals surface area (Å²) in [5, 5.41) is 0.654. The first-order chi connectivity index (χ1) is 15.1. The Morgan fingerprint density at radius 1 is 1.22 bits per heavy atom. The van der Waals surface area contributed by atoms with E-state index >= 15 is 0 Å². The van der Waals surface area contributed by atoms with Crippen molar-refractivity contribution >= 4 is 23.6 Å². The van der Waals surface area contributed by atoms with Crippen LogP contribution in [0.25, 0.3) is 0 Å². The molecule has 2 aromatic rings. The van der Waals surface area contributed by atoms with Crippen molar-refractivity contribution in [2.75, 3.05) is 13.1 Å². The molecule has 0 aliphatic carbocycles. The number of likely N-dealkylation sites (tertiary alicyclic amines) is 1. The molecule has 1 aromatic heterocycles. The van der Waals surface area contributed by atoms with E-state index in [0.29, 0.717) is 42.6 Å². The third-order valence-electron chi connectivity index (χ3n) is 5.86. The lowest BCUT2D eigenvalue weighted by Gasteiger charge is -2.34. The zero-order valence-electron chi connectivity index (χ0n) is 19.0. The Bertz CT molecular complexity index is 1050. The van der Waals surface area contributed by atoms with Crippen molar-refractivity contribution in [1.29, 1.82) is 0 Å². The van der Waals surface area contributed by atoms with Crippen molar-refractivity contribution in [3.05, 3.63) is 57.6 Å². The quantitative estimate of drug-likeness (QED) is 0.654. The summed E-state index contributed by atoms with van der Waals surface area (Å²) >= 11 is 6.47. The largest absolute Gasteiger partial charge is 0.444 e. The van der Waals surface area contributed by atoms with Crippen LogP contribution < -0.4 is 0 Å². The average Bonchev–Trinajstić information content (AvgIpc) is 3.21. The molecule has 4 rings (SSSR count). The van der Waals surface area contributed by atoms with Gasteiger partial charge in [-0.25, -0.2) is 14.8 Å². The van der Waals surface area contributed by atoms with E-state index in [0.717, 1.165) is 29.5 Å². The molecule has 8 heteroatoms. The van der Waals surface area contributed by atoms with Crippen LogP contribution in [0.3, 0.4) is 0 Å². The van der Waals surface area contributed by atoms with Crippen LogP contribution in [0.5, 0.6) is 0 Å². The van der Waals surface area contributed by atoms with E-state index in [1.165, 1.54) is 0 Å². The van der Waals surface area contributed by atoms with E-state index in [1.807, 2.05) is 37.8 Å². The van der Waals surface area contributed by atoms with Gasteiger partial charge in [0.2, 0.25) is 0 Å². The van der Waals surface area contributed by atoms with E-state index in [1.54, 1.807) is 24.1 Å². The number of halogens is 1. The molecule has 2 amide bonds. The van der Waals surface area contributed by atoms with E-state index in [4.69, 9.17) is 16.3 Å². The molecule has 170 valence electrons. The Labute approximate surface area is 193 Å². The van der Waals surface area contributed by atoms with Crippen molar-refractivity contribution in [3.8, 4) is 0 Å². The average molecular weight is 457 g/mol. The molecule has 1 fully saturated rings. The molecular formula is C24H29ClN4O3. The minimum atomic E-state index is -0.559. The van der Waals surface area contributed by atoms with Gasteiger partial charge >= 0.3 is 6.09 Å². The van der Waals surface area contributed by atoms with E-state index < -0.39 is 5.60 Å². The summed E-state index contributed by atoms with van der Waals surface area (Å²) in [6.45, 7) is 9.08. The number of fused-ring (bicyclic) bond motifs is 1. The SMILES string of the molecule is Cc1nccc(C(=O)N2CCc3cc(Cl)cc(C4CCCN4C(=O)OC(C)(C)C)c3C2)n1. The molecule has 1 unspecified atom stereocenters. The van der Waals surface area contributed by atoms with Gasteiger partial charge in [-0.1, -0.05) is 11.6 Å². The van der Waals surface area contributed by atoms with Gasteiger partial charge in [-0.15, -0.1) is 0 Å². The molecule has 1 atom stereocenters. The lowest BCUT2D eigenvalue weighted by atomic mass is 9.90. The second-order valence-electron chi connectivity index (χ2n) is 9.43.